The zero-order chi connectivity index (χ0) is 13.7. The highest BCUT2D eigenvalue weighted by Gasteiger charge is 2.22. The van der Waals surface area contributed by atoms with Gasteiger partial charge in [0.15, 0.2) is 0 Å². The third-order valence-electron chi connectivity index (χ3n) is 3.25. The molecule has 0 bridgehead atoms. The van der Waals surface area contributed by atoms with Gasteiger partial charge in [0.25, 0.3) is 0 Å². The lowest BCUT2D eigenvalue weighted by molar-refractivity contribution is 0.0701. The number of nitrogens with zero attached hydrogens (tertiary/aromatic N) is 1. The number of carboxylic acids is 1. The average Bonchev–Trinajstić information content (AvgIpc) is 2.84. The number of aromatic nitrogens is 1. The van der Waals surface area contributed by atoms with E-state index >= 15 is 0 Å². The minimum Gasteiger partial charge on any atom is -0.477 e. The van der Waals surface area contributed by atoms with Gasteiger partial charge in [0.05, 0.1) is 5.52 Å². The van der Waals surface area contributed by atoms with Crippen LogP contribution in [0.4, 0.5) is 0 Å². The third kappa shape index (κ3) is 1.51. The highest BCUT2D eigenvalue weighted by atomic mass is 32.1. The topological polar surface area (TPSA) is 59.3 Å². The number of aromatic carboxylic acids is 1. The van der Waals surface area contributed by atoms with Crippen LogP contribution in [0.5, 0.6) is 0 Å². The average molecular weight is 273 g/mol. The van der Waals surface area contributed by atoms with Gasteiger partial charge < -0.3 is 5.11 Å². The fourth-order valence-electron chi connectivity index (χ4n) is 2.48. The molecule has 0 spiro atoms. The molecule has 0 amide bonds. The summed E-state index contributed by atoms with van der Waals surface area (Å²) >= 11 is 1.16. The highest BCUT2D eigenvalue weighted by molar-refractivity contribution is 7.21. The van der Waals surface area contributed by atoms with Crippen molar-refractivity contribution in [3.63, 3.8) is 0 Å². The van der Waals surface area contributed by atoms with E-state index in [0.29, 0.717) is 9.71 Å². The van der Waals surface area contributed by atoms with Gasteiger partial charge in [-0.25, -0.2) is 4.79 Å². The second kappa shape index (κ2) is 3.93. The van der Waals surface area contributed by atoms with Gasteiger partial charge in [-0.2, -0.15) is 0 Å². The van der Waals surface area contributed by atoms with Crippen LogP contribution in [0.2, 0.25) is 0 Å². The molecular formula is C14H11NO3S. The Hall–Kier alpha value is -2.14. The fourth-order valence-corrected chi connectivity index (χ4v) is 3.70. The van der Waals surface area contributed by atoms with E-state index in [-0.39, 0.29) is 5.91 Å². The van der Waals surface area contributed by atoms with Gasteiger partial charge in [-0.1, -0.05) is 18.2 Å². The van der Waals surface area contributed by atoms with E-state index < -0.39 is 5.97 Å². The molecular weight excluding hydrogens is 262 g/mol. The Morgan fingerprint density at radius 2 is 1.95 bits per heavy atom. The first-order valence-corrected chi connectivity index (χ1v) is 6.60. The van der Waals surface area contributed by atoms with Gasteiger partial charge in [0, 0.05) is 17.7 Å². The quantitative estimate of drug-likeness (QED) is 0.738. The Labute approximate surface area is 112 Å². The minimum atomic E-state index is -0.946. The van der Waals surface area contributed by atoms with Gasteiger partial charge in [0.2, 0.25) is 5.91 Å². The Balaban J connectivity index is 2.59. The monoisotopic (exact) mass is 273 g/mol. The van der Waals surface area contributed by atoms with Crippen molar-refractivity contribution in [2.75, 3.05) is 0 Å². The molecule has 0 aliphatic carbocycles. The van der Waals surface area contributed by atoms with Crippen LogP contribution >= 0.6 is 11.3 Å². The summed E-state index contributed by atoms with van der Waals surface area (Å²) in [5.74, 6) is -1.05. The molecule has 3 rings (SSSR count). The van der Waals surface area contributed by atoms with Gasteiger partial charge in [-0.05, 0) is 18.6 Å². The van der Waals surface area contributed by atoms with Gasteiger partial charge in [-0.15, -0.1) is 11.3 Å². The van der Waals surface area contributed by atoms with Crippen LogP contribution < -0.4 is 0 Å². The molecule has 1 aromatic carbocycles. The summed E-state index contributed by atoms with van der Waals surface area (Å²) in [6.45, 7) is 3.28. The number of thiophene rings is 1. The number of hydrogen-bond donors (Lipinski definition) is 1. The molecule has 0 saturated heterocycles. The van der Waals surface area contributed by atoms with E-state index in [1.54, 1.807) is 11.5 Å². The summed E-state index contributed by atoms with van der Waals surface area (Å²) < 4.78 is 1.59. The number of benzene rings is 1. The van der Waals surface area contributed by atoms with E-state index in [2.05, 4.69) is 0 Å². The number of hydrogen-bond acceptors (Lipinski definition) is 3. The summed E-state index contributed by atoms with van der Waals surface area (Å²) in [5, 5.41) is 11.0. The predicted octanol–water partition coefficient (Wildman–Crippen LogP) is 3.52. The molecule has 96 valence electrons. The van der Waals surface area contributed by atoms with Crippen molar-refractivity contribution in [3.05, 3.63) is 34.7 Å². The lowest BCUT2D eigenvalue weighted by Crippen LogP contribution is -2.03. The second-order valence-electron chi connectivity index (χ2n) is 4.41. The van der Waals surface area contributed by atoms with Crippen LogP contribution in [-0.4, -0.2) is 21.6 Å². The number of carboxylic acid groups (broad SMARTS) is 1. The molecule has 1 N–H and O–H groups in total. The summed E-state index contributed by atoms with van der Waals surface area (Å²) in [4.78, 5) is 24.1. The number of aryl methyl sites for hydroxylation is 1. The smallest absolute Gasteiger partial charge is 0.346 e. The summed E-state index contributed by atoms with van der Waals surface area (Å²) in [5.41, 5.74) is 1.56. The number of para-hydroxylation sites is 1. The third-order valence-corrected chi connectivity index (χ3v) is 4.52. The van der Waals surface area contributed by atoms with Crippen molar-refractivity contribution in [1.82, 2.24) is 4.57 Å². The lowest BCUT2D eigenvalue weighted by atomic mass is 10.1. The summed E-state index contributed by atoms with van der Waals surface area (Å²) in [6.07, 6.45) is 0. The first-order valence-electron chi connectivity index (χ1n) is 5.79. The van der Waals surface area contributed by atoms with E-state index in [9.17, 15) is 14.7 Å². The first-order chi connectivity index (χ1) is 9.02. The summed E-state index contributed by atoms with van der Waals surface area (Å²) in [6, 6.07) is 7.56. The maximum atomic E-state index is 11.8. The Morgan fingerprint density at radius 1 is 1.26 bits per heavy atom. The van der Waals surface area contributed by atoms with Crippen molar-refractivity contribution in [3.8, 4) is 0 Å². The van der Waals surface area contributed by atoms with E-state index in [1.807, 2.05) is 24.3 Å². The Kier molecular flexibility index (Phi) is 2.46. The zero-order valence-electron chi connectivity index (χ0n) is 10.4. The van der Waals surface area contributed by atoms with Crippen molar-refractivity contribution in [2.24, 2.45) is 0 Å². The highest BCUT2D eigenvalue weighted by Crippen LogP contribution is 2.38. The maximum Gasteiger partial charge on any atom is 0.346 e. The van der Waals surface area contributed by atoms with Crippen molar-refractivity contribution < 1.29 is 14.7 Å². The summed E-state index contributed by atoms with van der Waals surface area (Å²) in [7, 11) is 0. The Bertz CT molecular complexity index is 841. The van der Waals surface area contributed by atoms with Crippen LogP contribution in [0.15, 0.2) is 24.3 Å². The minimum absolute atomic E-state index is 0.107. The van der Waals surface area contributed by atoms with Gasteiger partial charge in [0.1, 0.15) is 9.71 Å². The molecule has 5 heteroatoms. The van der Waals surface area contributed by atoms with E-state index in [4.69, 9.17) is 0 Å². The van der Waals surface area contributed by atoms with Crippen LogP contribution in [0.1, 0.15) is 27.0 Å². The van der Waals surface area contributed by atoms with E-state index in [0.717, 1.165) is 33.2 Å². The molecule has 2 aromatic heterocycles. The van der Waals surface area contributed by atoms with Crippen molar-refractivity contribution >= 4 is 44.3 Å². The molecule has 0 unspecified atom stereocenters. The van der Waals surface area contributed by atoms with E-state index in [1.165, 1.54) is 6.92 Å². The molecule has 19 heavy (non-hydrogen) atoms. The predicted molar refractivity (Wildman–Crippen MR) is 75.3 cm³/mol. The molecule has 0 radical (unpaired) electrons. The first kappa shape index (κ1) is 11.9. The number of carbonyl (C=O) groups is 2. The molecule has 2 heterocycles. The van der Waals surface area contributed by atoms with Crippen molar-refractivity contribution in [1.29, 1.82) is 0 Å². The molecule has 0 atom stereocenters. The maximum absolute atomic E-state index is 11.8. The number of fused-ring (bicyclic) bond motifs is 3. The van der Waals surface area contributed by atoms with Crippen molar-refractivity contribution in [2.45, 2.75) is 13.8 Å². The Morgan fingerprint density at radius 3 is 2.58 bits per heavy atom. The molecule has 0 aliphatic rings. The van der Waals surface area contributed by atoms with Gasteiger partial charge in [-0.3, -0.25) is 9.36 Å². The molecule has 0 aliphatic heterocycles. The lowest BCUT2D eigenvalue weighted by Gasteiger charge is -1.99. The SMILES string of the molecule is CC(=O)n1c2ccccc2c2c(C)c(C(=O)O)sc21. The number of carbonyl (C=O) groups excluding carboxylic acids is 1. The molecule has 4 nitrogen and oxygen atoms in total. The fraction of sp³-hybridized carbons (Fsp3) is 0.143. The zero-order valence-corrected chi connectivity index (χ0v) is 11.2. The number of rotatable bonds is 1. The van der Waals surface area contributed by atoms with Crippen LogP contribution in [0, 0.1) is 6.92 Å². The second-order valence-corrected chi connectivity index (χ2v) is 5.41. The molecule has 0 fully saturated rings. The normalized spacial score (nSPS) is 11.3. The molecule has 3 aromatic rings. The van der Waals surface area contributed by atoms with Crippen LogP contribution in [0.3, 0.4) is 0 Å². The van der Waals surface area contributed by atoms with Crippen LogP contribution in [-0.2, 0) is 0 Å². The van der Waals surface area contributed by atoms with Crippen LogP contribution in [0.25, 0.3) is 21.1 Å². The van der Waals surface area contributed by atoms with Gasteiger partial charge >= 0.3 is 5.97 Å². The molecule has 0 saturated carbocycles. The standard InChI is InChI=1S/C14H11NO3S/c1-7-11-9-5-3-4-6-10(9)15(8(2)16)13(11)19-12(7)14(17)18/h3-6H,1-2H3,(H,17,18). The largest absolute Gasteiger partial charge is 0.477 e.